The molecule has 18 heavy (non-hydrogen) atoms. The summed E-state index contributed by atoms with van der Waals surface area (Å²) in [6, 6.07) is -4.09. The smallest absolute Gasteiger partial charge is 0.143 e. The van der Waals surface area contributed by atoms with Crippen molar-refractivity contribution in [3.8, 4) is 0 Å². The fraction of sp³-hybridized carbons (Fsp3) is 0. The fourth-order valence-corrected chi connectivity index (χ4v) is 2.16. The Morgan fingerprint density at radius 2 is 1.78 bits per heavy atom. The lowest BCUT2D eigenvalue weighted by molar-refractivity contribution is 0.672. The van der Waals surface area contributed by atoms with Crippen LogP contribution in [0.4, 0.5) is 0 Å². The molecule has 0 aliphatic carbocycles. The number of hydrogen-bond donors (Lipinski definition) is 0. The summed E-state index contributed by atoms with van der Waals surface area (Å²) in [6.45, 7) is 0. The number of benzene rings is 3. The van der Waals surface area contributed by atoms with Crippen LogP contribution in [0.3, 0.4) is 0 Å². The van der Waals surface area contributed by atoms with Gasteiger partial charge in [0, 0.05) is 16.2 Å². The van der Waals surface area contributed by atoms with Gasteiger partial charge in [-0.25, -0.2) is 0 Å². The predicted molar refractivity (Wildman–Crippen MR) is 76.2 cm³/mol. The van der Waals surface area contributed by atoms with Crippen molar-refractivity contribution in [2.24, 2.45) is 0 Å². The van der Waals surface area contributed by atoms with Crippen LogP contribution >= 0.6 is 11.6 Å². The van der Waals surface area contributed by atoms with E-state index in [4.69, 9.17) is 28.4 Å². The zero-order valence-corrected chi connectivity index (χ0v) is 9.54. The SMILES string of the molecule is [2H]c1c([2H])c(Cl)c2c(oc3c4c([2H])c([2H])c([2H])c([2H])c4c([2H])c([2H])c32)c1[2H]. The third-order valence-electron chi connectivity index (χ3n) is 2.70. The number of hydrogen-bond acceptors (Lipinski definition) is 1. The van der Waals surface area contributed by atoms with Crippen LogP contribution in [0.15, 0.2) is 58.8 Å². The second-order valence-electron chi connectivity index (χ2n) is 3.70. The normalized spacial score (nSPS) is 18.6. The molecule has 0 spiro atoms. The van der Waals surface area contributed by atoms with E-state index in [1.165, 1.54) is 0 Å². The summed E-state index contributed by atoms with van der Waals surface area (Å²) in [6.07, 6.45) is 0. The molecule has 0 saturated carbocycles. The summed E-state index contributed by atoms with van der Waals surface area (Å²) >= 11 is 6.18. The van der Waals surface area contributed by atoms with E-state index >= 15 is 0 Å². The molecule has 4 aromatic rings. The van der Waals surface area contributed by atoms with Crippen LogP contribution in [0, 0.1) is 0 Å². The van der Waals surface area contributed by atoms with Crippen molar-refractivity contribution in [1.29, 1.82) is 0 Å². The van der Waals surface area contributed by atoms with Gasteiger partial charge in [-0.3, -0.25) is 0 Å². The Morgan fingerprint density at radius 1 is 0.889 bits per heavy atom. The lowest BCUT2D eigenvalue weighted by atomic mass is 10.1. The Bertz CT molecular complexity index is 1330. The average Bonchev–Trinajstić information content (AvgIpc) is 3.04. The largest absolute Gasteiger partial charge is 0.455 e. The van der Waals surface area contributed by atoms with Gasteiger partial charge >= 0.3 is 0 Å². The van der Waals surface area contributed by atoms with Crippen LogP contribution < -0.4 is 0 Å². The standard InChI is InChI=1S/C16H9ClO/c17-13-6-3-7-14-15(13)12-9-8-10-4-1-2-5-11(10)16(12)18-14/h1-9H/i1D,2D,3D,4D,5D,6D,7D,8D,9D. The molecule has 2 heteroatoms. The summed E-state index contributed by atoms with van der Waals surface area (Å²) in [5.41, 5.74) is -0.280. The van der Waals surface area contributed by atoms with Crippen LogP contribution in [0.5, 0.6) is 0 Å². The maximum atomic E-state index is 8.32. The molecule has 0 amide bonds. The van der Waals surface area contributed by atoms with E-state index in [-0.39, 0.29) is 43.8 Å². The van der Waals surface area contributed by atoms with E-state index in [2.05, 4.69) is 0 Å². The minimum atomic E-state index is -0.531. The van der Waals surface area contributed by atoms with E-state index < -0.39 is 48.3 Å². The van der Waals surface area contributed by atoms with Crippen LogP contribution in [0.1, 0.15) is 12.3 Å². The van der Waals surface area contributed by atoms with Crippen molar-refractivity contribution < 1.29 is 16.8 Å². The highest BCUT2D eigenvalue weighted by Crippen LogP contribution is 2.37. The zero-order valence-electron chi connectivity index (χ0n) is 17.8. The molecule has 0 unspecified atom stereocenters. The van der Waals surface area contributed by atoms with Gasteiger partial charge in [0.1, 0.15) is 11.2 Å². The van der Waals surface area contributed by atoms with Gasteiger partial charge in [0.2, 0.25) is 0 Å². The van der Waals surface area contributed by atoms with E-state index in [0.717, 1.165) is 0 Å². The van der Waals surface area contributed by atoms with Gasteiger partial charge in [-0.05, 0) is 23.5 Å². The molecule has 0 N–H and O–H groups in total. The average molecular weight is 262 g/mol. The predicted octanol–water partition coefficient (Wildman–Crippen LogP) is 5.39. The molecule has 4 rings (SSSR count). The van der Waals surface area contributed by atoms with Crippen molar-refractivity contribution in [3.05, 3.63) is 59.4 Å². The quantitative estimate of drug-likeness (QED) is 0.413. The van der Waals surface area contributed by atoms with Crippen LogP contribution in [0.25, 0.3) is 32.7 Å². The Hall–Kier alpha value is -1.99. The van der Waals surface area contributed by atoms with Crippen molar-refractivity contribution in [1.82, 2.24) is 0 Å². The molecular weight excluding hydrogens is 244 g/mol. The highest BCUT2D eigenvalue weighted by Gasteiger charge is 2.11. The van der Waals surface area contributed by atoms with Crippen molar-refractivity contribution in [2.45, 2.75) is 0 Å². The van der Waals surface area contributed by atoms with Crippen LogP contribution in [-0.2, 0) is 0 Å². The molecule has 1 heterocycles. The van der Waals surface area contributed by atoms with Gasteiger partial charge in [0.25, 0.3) is 0 Å². The zero-order chi connectivity index (χ0) is 19.9. The monoisotopic (exact) mass is 261 g/mol. The minimum Gasteiger partial charge on any atom is -0.455 e. The number of rotatable bonds is 0. The molecule has 1 nitrogen and oxygen atoms in total. The molecule has 86 valence electrons. The first-order chi connectivity index (χ1) is 12.6. The molecule has 0 aliphatic heterocycles. The Kier molecular flexibility index (Phi) is 0.894. The maximum Gasteiger partial charge on any atom is 0.143 e. The number of furan rings is 1. The lowest BCUT2D eigenvalue weighted by Crippen LogP contribution is -1.73. The highest BCUT2D eigenvalue weighted by molar-refractivity contribution is 6.38. The molecular formula is C16H9ClO. The van der Waals surface area contributed by atoms with Gasteiger partial charge in [-0.15, -0.1) is 0 Å². The second-order valence-corrected chi connectivity index (χ2v) is 4.08. The van der Waals surface area contributed by atoms with Crippen molar-refractivity contribution in [3.63, 3.8) is 0 Å². The second kappa shape index (κ2) is 3.50. The Labute approximate surface area is 121 Å². The molecule has 3 aromatic carbocycles. The molecule has 1 aromatic heterocycles. The van der Waals surface area contributed by atoms with Crippen LogP contribution in [0.2, 0.25) is 5.02 Å². The first kappa shape index (κ1) is 4.60. The summed E-state index contributed by atoms with van der Waals surface area (Å²) in [5, 5.41) is -0.470. The van der Waals surface area contributed by atoms with Gasteiger partial charge in [-0.1, -0.05) is 47.9 Å². The minimum absolute atomic E-state index is 0.0143. The number of halogens is 1. The highest BCUT2D eigenvalue weighted by atomic mass is 35.5. The Morgan fingerprint density at radius 3 is 2.72 bits per heavy atom. The van der Waals surface area contributed by atoms with Crippen LogP contribution in [-0.4, -0.2) is 0 Å². The molecule has 0 aliphatic rings. The summed E-state index contributed by atoms with van der Waals surface area (Å²) in [5.74, 6) is 0. The molecule has 0 atom stereocenters. The molecule has 0 bridgehead atoms. The molecule has 0 radical (unpaired) electrons. The third kappa shape index (κ3) is 1.22. The van der Waals surface area contributed by atoms with E-state index in [1.54, 1.807) is 0 Å². The van der Waals surface area contributed by atoms with Gasteiger partial charge < -0.3 is 4.42 Å². The van der Waals surface area contributed by atoms with Gasteiger partial charge in [0.15, 0.2) is 0 Å². The van der Waals surface area contributed by atoms with Crippen molar-refractivity contribution >= 4 is 44.3 Å². The summed E-state index contributed by atoms with van der Waals surface area (Å²) in [4.78, 5) is 0. The van der Waals surface area contributed by atoms with E-state index in [1.807, 2.05) is 0 Å². The lowest BCUT2D eigenvalue weighted by Gasteiger charge is -1.97. The third-order valence-corrected chi connectivity index (χ3v) is 2.99. The fourth-order valence-electron chi connectivity index (χ4n) is 1.93. The Balaban J connectivity index is 2.47. The maximum absolute atomic E-state index is 8.32. The number of fused-ring (bicyclic) bond motifs is 5. The van der Waals surface area contributed by atoms with Gasteiger partial charge in [-0.2, -0.15) is 0 Å². The summed E-state index contributed by atoms with van der Waals surface area (Å²) in [7, 11) is 0. The summed E-state index contributed by atoms with van der Waals surface area (Å²) < 4.78 is 77.9. The van der Waals surface area contributed by atoms with Crippen molar-refractivity contribution in [2.75, 3.05) is 0 Å². The molecule has 0 saturated heterocycles. The first-order valence-electron chi connectivity index (χ1n) is 9.60. The van der Waals surface area contributed by atoms with E-state index in [0.29, 0.717) is 0 Å². The first-order valence-corrected chi connectivity index (χ1v) is 5.48. The topological polar surface area (TPSA) is 13.1 Å². The van der Waals surface area contributed by atoms with E-state index in [9.17, 15) is 0 Å². The molecule has 0 fully saturated rings. The van der Waals surface area contributed by atoms with Gasteiger partial charge in [0.05, 0.1) is 17.4 Å².